The molecule has 17 heteroatoms. The second-order valence-electron chi connectivity index (χ2n) is 10.8. The molecule has 0 radical (unpaired) electrons. The van der Waals surface area contributed by atoms with Crippen molar-refractivity contribution >= 4 is 33.5 Å². The van der Waals surface area contributed by atoms with Gasteiger partial charge in [0, 0.05) is 6.20 Å². The molecule has 0 N–H and O–H groups in total. The second kappa shape index (κ2) is 13.4. The molecule has 0 aliphatic carbocycles. The van der Waals surface area contributed by atoms with E-state index in [1.165, 1.54) is 32.3 Å². The zero-order valence-corrected chi connectivity index (χ0v) is 26.2. The predicted octanol–water partition coefficient (Wildman–Crippen LogP) is 2.31. The Kier molecular flexibility index (Phi) is 8.59. The fourth-order valence-corrected chi connectivity index (χ4v) is 5.37. The summed E-state index contributed by atoms with van der Waals surface area (Å²) in [6.45, 7) is 0.720. The number of fused-ring (bicyclic) bond motifs is 2. The zero-order valence-electron chi connectivity index (χ0n) is 25.5. The van der Waals surface area contributed by atoms with Crippen LogP contribution in [0.25, 0.3) is 21.9 Å². The van der Waals surface area contributed by atoms with E-state index in [-0.39, 0.29) is 37.9 Å². The topological polar surface area (TPSA) is 184 Å². The first-order valence-corrected chi connectivity index (χ1v) is 15.3. The lowest BCUT2D eigenvalue weighted by Gasteiger charge is -2.09. The van der Waals surface area contributed by atoms with Crippen molar-refractivity contribution in [2.75, 3.05) is 13.2 Å². The van der Waals surface area contributed by atoms with Crippen molar-refractivity contribution in [1.29, 1.82) is 0 Å². The van der Waals surface area contributed by atoms with Gasteiger partial charge in [0.2, 0.25) is 0 Å². The van der Waals surface area contributed by atoms with Crippen LogP contribution in [0.4, 0.5) is 0 Å². The van der Waals surface area contributed by atoms with Gasteiger partial charge in [-0.25, -0.2) is 23.7 Å². The summed E-state index contributed by atoms with van der Waals surface area (Å²) in [4.78, 5) is 50.0. The van der Waals surface area contributed by atoms with Crippen LogP contribution < -0.4 is 32.0 Å². The Morgan fingerprint density at radius 1 is 0.673 bits per heavy atom. The highest BCUT2D eigenvalue weighted by Gasteiger charge is 2.15. The van der Waals surface area contributed by atoms with E-state index in [1.54, 1.807) is 48.8 Å². The molecule has 49 heavy (non-hydrogen) atoms. The van der Waals surface area contributed by atoms with Crippen LogP contribution in [0.15, 0.2) is 107 Å². The molecule has 248 valence electrons. The van der Waals surface area contributed by atoms with E-state index in [2.05, 4.69) is 20.6 Å². The van der Waals surface area contributed by atoms with E-state index in [0.29, 0.717) is 51.4 Å². The molecule has 0 saturated heterocycles. The SMILES string of the molecule is O=c1cc(OCCn2cc(Cn3cc(Cl)c(=O)n(Cc4cn(CCOc5cc(=O)oc6ccccc56)nn4)c3=O)nn2)c2ccccc2o1. The maximum Gasteiger partial charge on any atom is 0.339 e. The Hall–Kier alpha value is -6.29. The Morgan fingerprint density at radius 3 is 1.73 bits per heavy atom. The van der Waals surface area contributed by atoms with E-state index >= 15 is 0 Å². The molecule has 0 fully saturated rings. The van der Waals surface area contributed by atoms with Gasteiger partial charge in [-0.3, -0.25) is 13.9 Å². The van der Waals surface area contributed by atoms with Crippen molar-refractivity contribution in [2.45, 2.75) is 26.2 Å². The minimum Gasteiger partial charge on any atom is -0.491 e. The minimum atomic E-state index is -0.682. The lowest BCUT2D eigenvalue weighted by molar-refractivity contribution is 0.290. The summed E-state index contributed by atoms with van der Waals surface area (Å²) in [5.41, 5.74) is -0.753. The van der Waals surface area contributed by atoms with Crippen LogP contribution in [0, 0.1) is 0 Å². The molecule has 0 aliphatic rings. The van der Waals surface area contributed by atoms with Gasteiger partial charge in [0.15, 0.2) is 0 Å². The van der Waals surface area contributed by atoms with Crippen molar-refractivity contribution in [3.05, 3.63) is 137 Å². The van der Waals surface area contributed by atoms with Gasteiger partial charge < -0.3 is 18.3 Å². The summed E-state index contributed by atoms with van der Waals surface area (Å²) >= 11 is 6.23. The molecule has 0 amide bonds. The van der Waals surface area contributed by atoms with Crippen molar-refractivity contribution in [3.8, 4) is 11.5 Å². The van der Waals surface area contributed by atoms with Crippen molar-refractivity contribution in [1.82, 2.24) is 39.1 Å². The predicted molar refractivity (Wildman–Crippen MR) is 174 cm³/mol. The molecule has 5 heterocycles. The van der Waals surface area contributed by atoms with Crippen LogP contribution >= 0.6 is 11.6 Å². The molecule has 0 unspecified atom stereocenters. The van der Waals surface area contributed by atoms with Crippen molar-refractivity contribution in [2.24, 2.45) is 0 Å². The maximum atomic E-state index is 13.3. The molecule has 0 spiro atoms. The Labute approximate surface area is 278 Å². The van der Waals surface area contributed by atoms with Crippen LogP contribution in [0.5, 0.6) is 11.5 Å². The van der Waals surface area contributed by atoms with Crippen LogP contribution in [0.3, 0.4) is 0 Å². The number of para-hydroxylation sites is 2. The minimum absolute atomic E-state index is 0.0133. The number of nitrogens with zero attached hydrogens (tertiary/aromatic N) is 8. The lowest BCUT2D eigenvalue weighted by Crippen LogP contribution is -2.40. The monoisotopic (exact) mass is 684 g/mol. The maximum absolute atomic E-state index is 13.3. The third-order valence-electron chi connectivity index (χ3n) is 7.40. The average molecular weight is 685 g/mol. The molecule has 7 rings (SSSR count). The van der Waals surface area contributed by atoms with E-state index in [9.17, 15) is 19.2 Å². The van der Waals surface area contributed by atoms with E-state index in [1.807, 2.05) is 12.1 Å². The van der Waals surface area contributed by atoms with Crippen LogP contribution in [-0.4, -0.2) is 52.3 Å². The normalized spacial score (nSPS) is 11.4. The summed E-state index contributed by atoms with van der Waals surface area (Å²) in [6.07, 6.45) is 4.46. The van der Waals surface area contributed by atoms with Gasteiger partial charge >= 0.3 is 16.9 Å². The van der Waals surface area contributed by atoms with Crippen LogP contribution in [0.2, 0.25) is 5.02 Å². The second-order valence-corrected chi connectivity index (χ2v) is 11.2. The van der Waals surface area contributed by atoms with Crippen LogP contribution in [0.1, 0.15) is 11.4 Å². The summed E-state index contributed by atoms with van der Waals surface area (Å²) < 4.78 is 27.3. The summed E-state index contributed by atoms with van der Waals surface area (Å²) in [5.74, 6) is 0.767. The van der Waals surface area contributed by atoms with Crippen molar-refractivity contribution < 1.29 is 18.3 Å². The molecule has 16 nitrogen and oxygen atoms in total. The largest absolute Gasteiger partial charge is 0.491 e. The van der Waals surface area contributed by atoms with E-state index < -0.39 is 22.5 Å². The fraction of sp³-hybridized carbons (Fsp3) is 0.188. The number of hydrogen-bond acceptors (Lipinski definition) is 12. The summed E-state index contributed by atoms with van der Waals surface area (Å²) in [6, 6.07) is 16.6. The number of rotatable bonds is 12. The van der Waals surface area contributed by atoms with Gasteiger partial charge in [-0.15, -0.1) is 10.2 Å². The quantitative estimate of drug-likeness (QED) is 0.171. The molecule has 0 atom stereocenters. The molecule has 0 aliphatic heterocycles. The average Bonchev–Trinajstić information content (AvgIpc) is 3.74. The number of hydrogen-bond donors (Lipinski definition) is 0. The van der Waals surface area contributed by atoms with Crippen molar-refractivity contribution in [3.63, 3.8) is 0 Å². The Balaban J connectivity index is 0.986. The first kappa shape index (κ1) is 31.3. The Bertz CT molecular complexity index is 2550. The smallest absolute Gasteiger partial charge is 0.339 e. The molecular formula is C32H25ClN8O8. The fourth-order valence-electron chi connectivity index (χ4n) is 5.15. The van der Waals surface area contributed by atoms with Gasteiger partial charge in [0.05, 0.1) is 61.5 Å². The molecule has 5 aromatic heterocycles. The number of halogens is 1. The third kappa shape index (κ3) is 6.89. The van der Waals surface area contributed by atoms with Gasteiger partial charge in [0.25, 0.3) is 5.56 Å². The van der Waals surface area contributed by atoms with Crippen LogP contribution in [-0.2, 0) is 26.2 Å². The molecule has 2 aromatic carbocycles. The molecule has 0 saturated carbocycles. The summed E-state index contributed by atoms with van der Waals surface area (Å²) in [7, 11) is 0. The van der Waals surface area contributed by atoms with E-state index in [4.69, 9.17) is 29.9 Å². The highest BCUT2D eigenvalue weighted by atomic mass is 35.5. The van der Waals surface area contributed by atoms with Gasteiger partial charge in [0.1, 0.15) is 52.3 Å². The first-order chi connectivity index (χ1) is 23.8. The standard InChI is InChI=1S/C32H25ClN8O8/c33-24-19-38(15-20-16-39(36-34-20)9-11-46-27-13-29(42)48-25-7-3-1-5-22(25)27)32(45)41(31(24)44)18-21-17-40(37-35-21)10-12-47-28-14-30(43)49-26-8-4-2-6-23(26)28/h1-8,13-14,16-17,19H,9-12,15,18H2. The van der Waals surface area contributed by atoms with Gasteiger partial charge in [-0.2, -0.15) is 0 Å². The van der Waals surface area contributed by atoms with E-state index in [0.717, 1.165) is 4.57 Å². The molecular weight excluding hydrogens is 660 g/mol. The highest BCUT2D eigenvalue weighted by Crippen LogP contribution is 2.24. The lowest BCUT2D eigenvalue weighted by atomic mass is 10.2. The molecule has 0 bridgehead atoms. The summed E-state index contributed by atoms with van der Waals surface area (Å²) in [5, 5.41) is 17.5. The molecule has 7 aromatic rings. The Morgan fingerprint density at radius 2 is 1.18 bits per heavy atom. The third-order valence-corrected chi connectivity index (χ3v) is 7.66. The first-order valence-electron chi connectivity index (χ1n) is 14.9. The number of benzene rings is 2. The van der Waals surface area contributed by atoms with Gasteiger partial charge in [-0.1, -0.05) is 46.3 Å². The van der Waals surface area contributed by atoms with Gasteiger partial charge in [-0.05, 0) is 24.3 Å². The zero-order chi connectivity index (χ0) is 33.9. The highest BCUT2D eigenvalue weighted by molar-refractivity contribution is 6.30. The number of ether oxygens (including phenoxy) is 2. The number of aromatic nitrogens is 8.